The predicted molar refractivity (Wildman–Crippen MR) is 218 cm³/mol. The Hall–Kier alpha value is -6.42. The van der Waals surface area contributed by atoms with Crippen molar-refractivity contribution in [1.82, 2.24) is 0 Å². The fourth-order valence-corrected chi connectivity index (χ4v) is 8.69. The van der Waals surface area contributed by atoms with Crippen molar-refractivity contribution in [3.8, 4) is 33.4 Å². The minimum absolute atomic E-state index is 0.876. The zero-order valence-corrected chi connectivity index (χ0v) is 28.5. The number of para-hydroxylation sites is 2. The maximum Gasteiger partial charge on any atom is 0.159 e. The summed E-state index contributed by atoms with van der Waals surface area (Å²) in [6.45, 7) is 0. The molecule has 0 saturated carbocycles. The number of furan rings is 1. The van der Waals surface area contributed by atoms with Crippen molar-refractivity contribution in [2.24, 2.45) is 0 Å². The predicted octanol–water partition coefficient (Wildman–Crippen LogP) is 14.4. The maximum absolute atomic E-state index is 6.67. The molecule has 0 aliphatic heterocycles. The summed E-state index contributed by atoms with van der Waals surface area (Å²) in [6.07, 6.45) is 0. The Kier molecular flexibility index (Phi) is 7.04. The molecule has 3 heteroatoms. The quantitative estimate of drug-likeness (QED) is 0.175. The number of nitrogens with zero attached hydrogens (tertiary/aromatic N) is 1. The standard InChI is InChI=1S/C48H31NOS/c1-3-12-32(13-4-1)33-22-24-34(25-23-33)35-26-28-37(29-27-35)49(42-19-11-18-40-39-16-7-9-20-44(39)50-47(40)42)43-31-30-38(36-14-5-2-6-15-36)46-41-17-8-10-21-45(41)51-48(43)46/h1-31H. The van der Waals surface area contributed by atoms with Crippen LogP contribution in [-0.2, 0) is 0 Å². The molecule has 0 aliphatic rings. The summed E-state index contributed by atoms with van der Waals surface area (Å²) in [7, 11) is 0. The molecule has 0 spiro atoms. The zero-order valence-electron chi connectivity index (χ0n) is 27.7. The van der Waals surface area contributed by atoms with Gasteiger partial charge in [-0.25, -0.2) is 0 Å². The van der Waals surface area contributed by atoms with Crippen molar-refractivity contribution in [2.75, 3.05) is 4.90 Å². The van der Waals surface area contributed by atoms with E-state index in [-0.39, 0.29) is 0 Å². The van der Waals surface area contributed by atoms with Gasteiger partial charge in [-0.05, 0) is 69.8 Å². The van der Waals surface area contributed by atoms with Crippen LogP contribution in [0.25, 0.3) is 75.5 Å². The first-order valence-corrected chi connectivity index (χ1v) is 18.1. The Bertz CT molecular complexity index is 2830. The van der Waals surface area contributed by atoms with Gasteiger partial charge in [0, 0.05) is 31.9 Å². The normalized spacial score (nSPS) is 11.5. The first-order valence-electron chi connectivity index (χ1n) is 17.3. The van der Waals surface area contributed by atoms with E-state index in [1.165, 1.54) is 53.6 Å². The summed E-state index contributed by atoms with van der Waals surface area (Å²) in [5.41, 5.74) is 12.2. The average molecular weight is 670 g/mol. The van der Waals surface area contributed by atoms with Gasteiger partial charge in [-0.3, -0.25) is 0 Å². The summed E-state index contributed by atoms with van der Waals surface area (Å²) < 4.78 is 9.19. The highest BCUT2D eigenvalue weighted by Crippen LogP contribution is 2.50. The van der Waals surface area contributed by atoms with E-state index in [1.807, 2.05) is 17.4 Å². The van der Waals surface area contributed by atoms with E-state index in [0.717, 1.165) is 39.0 Å². The number of benzene rings is 8. The maximum atomic E-state index is 6.67. The molecule has 10 rings (SSSR count). The van der Waals surface area contributed by atoms with Gasteiger partial charge in [0.05, 0.1) is 16.1 Å². The van der Waals surface area contributed by atoms with Gasteiger partial charge in [-0.2, -0.15) is 0 Å². The highest BCUT2D eigenvalue weighted by molar-refractivity contribution is 7.26. The largest absolute Gasteiger partial charge is 0.454 e. The second kappa shape index (κ2) is 12.2. The zero-order chi connectivity index (χ0) is 33.7. The third kappa shape index (κ3) is 5.01. The Morgan fingerprint density at radius 3 is 1.69 bits per heavy atom. The van der Waals surface area contributed by atoms with Gasteiger partial charge in [0.25, 0.3) is 0 Å². The van der Waals surface area contributed by atoms with Crippen LogP contribution in [0.15, 0.2) is 192 Å². The van der Waals surface area contributed by atoms with Crippen LogP contribution in [0.2, 0.25) is 0 Å². The number of rotatable bonds is 6. The molecule has 2 nitrogen and oxygen atoms in total. The summed E-state index contributed by atoms with van der Waals surface area (Å²) in [6, 6.07) is 67.2. The van der Waals surface area contributed by atoms with Gasteiger partial charge in [-0.1, -0.05) is 152 Å². The molecule has 8 aromatic carbocycles. The van der Waals surface area contributed by atoms with E-state index >= 15 is 0 Å². The van der Waals surface area contributed by atoms with Gasteiger partial charge in [0.2, 0.25) is 0 Å². The van der Waals surface area contributed by atoms with E-state index in [9.17, 15) is 0 Å². The van der Waals surface area contributed by atoms with Crippen LogP contribution in [0, 0.1) is 0 Å². The van der Waals surface area contributed by atoms with Crippen molar-refractivity contribution in [3.63, 3.8) is 0 Å². The molecule has 2 aromatic heterocycles. The molecule has 0 N–H and O–H groups in total. The lowest BCUT2D eigenvalue weighted by atomic mass is 9.98. The molecule has 10 aromatic rings. The molecule has 0 bridgehead atoms. The lowest BCUT2D eigenvalue weighted by Gasteiger charge is -2.27. The van der Waals surface area contributed by atoms with Gasteiger partial charge < -0.3 is 9.32 Å². The average Bonchev–Trinajstić information content (AvgIpc) is 3.79. The molecule has 0 saturated heterocycles. The Labute approximate surface area is 300 Å². The molecule has 0 amide bonds. The van der Waals surface area contributed by atoms with Crippen molar-refractivity contribution in [1.29, 1.82) is 0 Å². The smallest absolute Gasteiger partial charge is 0.159 e. The monoisotopic (exact) mass is 669 g/mol. The highest BCUT2D eigenvalue weighted by Gasteiger charge is 2.24. The van der Waals surface area contributed by atoms with Crippen LogP contribution in [0.4, 0.5) is 17.1 Å². The number of fused-ring (bicyclic) bond motifs is 6. The molecule has 0 unspecified atom stereocenters. The molecular formula is C48H31NOS. The summed E-state index contributed by atoms with van der Waals surface area (Å²) >= 11 is 1.85. The van der Waals surface area contributed by atoms with Crippen LogP contribution in [0.3, 0.4) is 0 Å². The highest BCUT2D eigenvalue weighted by atomic mass is 32.1. The fourth-order valence-electron chi connectivity index (χ4n) is 7.45. The van der Waals surface area contributed by atoms with Crippen molar-refractivity contribution in [3.05, 3.63) is 188 Å². The Morgan fingerprint density at radius 2 is 0.961 bits per heavy atom. The molecule has 0 atom stereocenters. The molecule has 240 valence electrons. The topological polar surface area (TPSA) is 16.4 Å². The van der Waals surface area contributed by atoms with E-state index < -0.39 is 0 Å². The third-order valence-electron chi connectivity index (χ3n) is 9.91. The molecule has 0 radical (unpaired) electrons. The number of thiophene rings is 1. The second-order valence-electron chi connectivity index (χ2n) is 12.9. The fraction of sp³-hybridized carbons (Fsp3) is 0. The van der Waals surface area contributed by atoms with Crippen LogP contribution >= 0.6 is 11.3 Å². The molecule has 0 fully saturated rings. The summed E-state index contributed by atoms with van der Waals surface area (Å²) in [5, 5.41) is 4.78. The van der Waals surface area contributed by atoms with Gasteiger partial charge in [0.1, 0.15) is 5.58 Å². The van der Waals surface area contributed by atoms with Crippen LogP contribution in [0.5, 0.6) is 0 Å². The lowest BCUT2D eigenvalue weighted by Crippen LogP contribution is -2.10. The van der Waals surface area contributed by atoms with Crippen LogP contribution < -0.4 is 4.90 Å². The third-order valence-corrected chi connectivity index (χ3v) is 11.1. The first-order chi connectivity index (χ1) is 25.3. The molecule has 2 heterocycles. The van der Waals surface area contributed by atoms with Gasteiger partial charge in [0.15, 0.2) is 5.58 Å². The number of hydrogen-bond acceptors (Lipinski definition) is 3. The van der Waals surface area contributed by atoms with Crippen molar-refractivity contribution >= 4 is 70.5 Å². The van der Waals surface area contributed by atoms with Gasteiger partial charge in [-0.15, -0.1) is 11.3 Å². The number of anilines is 3. The Balaban J connectivity index is 1.18. The number of hydrogen-bond donors (Lipinski definition) is 0. The van der Waals surface area contributed by atoms with E-state index in [0.29, 0.717) is 0 Å². The van der Waals surface area contributed by atoms with Crippen molar-refractivity contribution < 1.29 is 4.42 Å². The second-order valence-corrected chi connectivity index (χ2v) is 13.9. The van der Waals surface area contributed by atoms with E-state index in [2.05, 4.69) is 187 Å². The summed E-state index contributed by atoms with van der Waals surface area (Å²) in [5.74, 6) is 0. The van der Waals surface area contributed by atoms with Gasteiger partial charge >= 0.3 is 0 Å². The van der Waals surface area contributed by atoms with Crippen LogP contribution in [0.1, 0.15) is 0 Å². The molecule has 51 heavy (non-hydrogen) atoms. The van der Waals surface area contributed by atoms with E-state index in [1.54, 1.807) is 0 Å². The lowest BCUT2D eigenvalue weighted by molar-refractivity contribution is 0.669. The minimum Gasteiger partial charge on any atom is -0.454 e. The van der Waals surface area contributed by atoms with E-state index in [4.69, 9.17) is 4.42 Å². The Morgan fingerprint density at radius 1 is 0.392 bits per heavy atom. The minimum atomic E-state index is 0.876. The van der Waals surface area contributed by atoms with Crippen LogP contribution in [-0.4, -0.2) is 0 Å². The summed E-state index contributed by atoms with van der Waals surface area (Å²) in [4.78, 5) is 2.39. The first kappa shape index (κ1) is 29.5. The molecule has 0 aliphatic carbocycles. The van der Waals surface area contributed by atoms with Crippen molar-refractivity contribution in [2.45, 2.75) is 0 Å². The SMILES string of the molecule is c1ccc(-c2ccc(-c3ccc(N(c4cccc5c4oc4ccccc45)c4ccc(-c5ccccc5)c5c4sc4ccccc45)cc3)cc2)cc1. The molecular weight excluding hydrogens is 639 g/mol.